The van der Waals surface area contributed by atoms with Crippen molar-refractivity contribution < 1.29 is 13.2 Å². The van der Waals surface area contributed by atoms with E-state index in [0.717, 1.165) is 0 Å². The van der Waals surface area contributed by atoms with E-state index in [1.54, 1.807) is 12.1 Å². The zero-order valence-electron chi connectivity index (χ0n) is 10.8. The molecule has 7 heteroatoms. The number of sulfonamides is 1. The molecular formula is C13H13N3O3S. The molecule has 0 atom stereocenters. The largest absolute Gasteiger partial charge is 0.295 e. The molecule has 0 aliphatic carbocycles. The Morgan fingerprint density at radius 1 is 1.20 bits per heavy atom. The van der Waals surface area contributed by atoms with Crippen molar-refractivity contribution in [2.45, 2.75) is 18.4 Å². The fraction of sp³-hybridized carbons (Fsp3) is 0.154. The minimum atomic E-state index is -3.63. The van der Waals surface area contributed by atoms with Crippen LogP contribution in [0.4, 0.5) is 0 Å². The van der Waals surface area contributed by atoms with E-state index in [1.165, 1.54) is 37.4 Å². The minimum absolute atomic E-state index is 0.0602. The van der Waals surface area contributed by atoms with Gasteiger partial charge < -0.3 is 0 Å². The number of carbonyl (C=O) groups is 1. The van der Waals surface area contributed by atoms with E-state index in [9.17, 15) is 13.2 Å². The van der Waals surface area contributed by atoms with Crippen molar-refractivity contribution in [1.82, 2.24) is 14.9 Å². The highest BCUT2D eigenvalue weighted by Crippen LogP contribution is 2.11. The number of nitrogens with one attached hydrogen (secondary N) is 1. The van der Waals surface area contributed by atoms with Gasteiger partial charge in [0.05, 0.1) is 17.1 Å². The Balaban J connectivity index is 2.12. The van der Waals surface area contributed by atoms with Gasteiger partial charge in [-0.3, -0.25) is 4.79 Å². The van der Waals surface area contributed by atoms with Crippen LogP contribution in [0.2, 0.25) is 0 Å². The number of hydrogen-bond donors (Lipinski definition) is 1. The molecule has 0 unspecified atom stereocenters. The maximum atomic E-state index is 12.0. The van der Waals surface area contributed by atoms with Gasteiger partial charge in [-0.25, -0.2) is 13.1 Å². The highest BCUT2D eigenvalue weighted by molar-refractivity contribution is 7.89. The Hall–Kier alpha value is -2.12. The number of nitrogens with zero attached hydrogens (tertiary/aromatic N) is 2. The van der Waals surface area contributed by atoms with Crippen molar-refractivity contribution in [3.05, 3.63) is 53.9 Å². The smallest absolute Gasteiger partial charge is 0.240 e. The quantitative estimate of drug-likeness (QED) is 0.835. The summed E-state index contributed by atoms with van der Waals surface area (Å²) in [6.45, 7) is 1.49. The Labute approximate surface area is 116 Å². The molecule has 1 N–H and O–H groups in total. The van der Waals surface area contributed by atoms with Crippen LogP contribution < -0.4 is 4.72 Å². The second kappa shape index (κ2) is 5.89. The summed E-state index contributed by atoms with van der Waals surface area (Å²) in [6.07, 6.45) is 1.51. The van der Waals surface area contributed by atoms with E-state index in [-0.39, 0.29) is 17.2 Å². The zero-order chi connectivity index (χ0) is 14.6. The summed E-state index contributed by atoms with van der Waals surface area (Å²) in [4.78, 5) is 11.2. The number of hydrogen-bond acceptors (Lipinski definition) is 5. The summed E-state index contributed by atoms with van der Waals surface area (Å²) < 4.78 is 26.5. The summed E-state index contributed by atoms with van der Waals surface area (Å²) >= 11 is 0. The van der Waals surface area contributed by atoms with Crippen LogP contribution in [0.1, 0.15) is 23.0 Å². The zero-order valence-corrected chi connectivity index (χ0v) is 11.6. The van der Waals surface area contributed by atoms with E-state index in [4.69, 9.17) is 0 Å². The number of aromatic nitrogens is 2. The molecule has 2 rings (SSSR count). The first-order chi connectivity index (χ1) is 9.49. The summed E-state index contributed by atoms with van der Waals surface area (Å²) in [6, 6.07) is 9.12. The lowest BCUT2D eigenvalue weighted by Crippen LogP contribution is -2.23. The molecule has 0 saturated carbocycles. The fourth-order valence-corrected chi connectivity index (χ4v) is 2.55. The average Bonchev–Trinajstić information content (AvgIpc) is 2.46. The van der Waals surface area contributed by atoms with Crippen molar-refractivity contribution in [3.8, 4) is 0 Å². The van der Waals surface area contributed by atoms with E-state index in [1.807, 2.05) is 0 Å². The maximum absolute atomic E-state index is 12.0. The Kier molecular flexibility index (Phi) is 4.21. The Morgan fingerprint density at radius 3 is 2.45 bits per heavy atom. The van der Waals surface area contributed by atoms with Gasteiger partial charge in [-0.2, -0.15) is 10.2 Å². The van der Waals surface area contributed by atoms with Gasteiger partial charge in [-0.15, -0.1) is 0 Å². The third-order valence-corrected chi connectivity index (χ3v) is 4.06. The highest BCUT2D eigenvalue weighted by atomic mass is 32.2. The molecule has 0 saturated heterocycles. The molecule has 0 aliphatic rings. The summed E-state index contributed by atoms with van der Waals surface area (Å²) in [5.41, 5.74) is 0.995. The van der Waals surface area contributed by atoms with Crippen LogP contribution in [0.5, 0.6) is 0 Å². The minimum Gasteiger partial charge on any atom is -0.295 e. The number of Topliss-reactive ketones (excluding diaryl/α,β-unsaturated/α-hetero) is 1. The van der Waals surface area contributed by atoms with Crippen molar-refractivity contribution in [2.75, 3.05) is 0 Å². The van der Waals surface area contributed by atoms with Crippen LogP contribution in [0.15, 0.2) is 47.5 Å². The first-order valence-corrected chi connectivity index (χ1v) is 7.34. The van der Waals surface area contributed by atoms with Crippen LogP contribution in [0.3, 0.4) is 0 Å². The van der Waals surface area contributed by atoms with Crippen molar-refractivity contribution in [3.63, 3.8) is 0 Å². The number of ketones is 1. The average molecular weight is 291 g/mol. The van der Waals surface area contributed by atoms with Crippen LogP contribution >= 0.6 is 0 Å². The lowest BCUT2D eigenvalue weighted by molar-refractivity contribution is 0.101. The summed E-state index contributed by atoms with van der Waals surface area (Å²) in [7, 11) is -3.63. The predicted molar refractivity (Wildman–Crippen MR) is 72.5 cm³/mol. The molecule has 1 aromatic heterocycles. The molecule has 6 nitrogen and oxygen atoms in total. The van der Waals surface area contributed by atoms with Crippen molar-refractivity contribution in [1.29, 1.82) is 0 Å². The van der Waals surface area contributed by atoms with E-state index < -0.39 is 10.0 Å². The van der Waals surface area contributed by atoms with Gasteiger partial charge in [-0.05, 0) is 31.2 Å². The molecule has 1 aromatic carbocycles. The first kappa shape index (κ1) is 14.3. The lowest BCUT2D eigenvalue weighted by atomic mass is 10.2. The normalized spacial score (nSPS) is 11.2. The molecule has 0 radical (unpaired) electrons. The second-order valence-corrected chi connectivity index (χ2v) is 5.89. The predicted octanol–water partition coefficient (Wildman–Crippen LogP) is 1.16. The van der Waals surface area contributed by atoms with Crippen LogP contribution in [-0.2, 0) is 16.6 Å². The molecular weight excluding hydrogens is 278 g/mol. The molecule has 20 heavy (non-hydrogen) atoms. The summed E-state index contributed by atoms with van der Waals surface area (Å²) in [5.74, 6) is -0.110. The monoisotopic (exact) mass is 291 g/mol. The fourth-order valence-electron chi connectivity index (χ4n) is 1.55. The maximum Gasteiger partial charge on any atom is 0.240 e. The molecule has 2 aromatic rings. The van der Waals surface area contributed by atoms with Crippen LogP contribution in [0, 0.1) is 0 Å². The van der Waals surface area contributed by atoms with Crippen LogP contribution in [-0.4, -0.2) is 24.4 Å². The Bertz CT molecular complexity index is 697. The highest BCUT2D eigenvalue weighted by Gasteiger charge is 2.14. The van der Waals surface area contributed by atoms with Gasteiger partial charge in [0.2, 0.25) is 10.0 Å². The third kappa shape index (κ3) is 3.46. The second-order valence-electron chi connectivity index (χ2n) is 4.12. The molecule has 0 spiro atoms. The molecule has 104 valence electrons. The topological polar surface area (TPSA) is 89.0 Å². The van der Waals surface area contributed by atoms with Gasteiger partial charge in [0.15, 0.2) is 5.78 Å². The van der Waals surface area contributed by atoms with Crippen molar-refractivity contribution in [2.24, 2.45) is 0 Å². The van der Waals surface area contributed by atoms with Gasteiger partial charge in [-0.1, -0.05) is 12.1 Å². The van der Waals surface area contributed by atoms with Crippen molar-refractivity contribution >= 4 is 15.8 Å². The van der Waals surface area contributed by atoms with E-state index >= 15 is 0 Å². The van der Waals surface area contributed by atoms with Gasteiger partial charge in [0.25, 0.3) is 0 Å². The number of rotatable bonds is 5. The molecule has 1 heterocycles. The third-order valence-electron chi connectivity index (χ3n) is 2.64. The number of carbonyl (C=O) groups excluding carboxylic acids is 1. The SMILES string of the molecule is CC(=O)c1ccc(S(=O)(=O)NCc2cccnn2)cc1. The number of benzene rings is 1. The van der Waals surface area contributed by atoms with Gasteiger partial charge in [0.1, 0.15) is 0 Å². The molecule has 0 aliphatic heterocycles. The lowest BCUT2D eigenvalue weighted by Gasteiger charge is -2.06. The van der Waals surface area contributed by atoms with Gasteiger partial charge >= 0.3 is 0 Å². The van der Waals surface area contributed by atoms with E-state index in [0.29, 0.717) is 11.3 Å². The summed E-state index contributed by atoms with van der Waals surface area (Å²) in [5, 5.41) is 7.46. The first-order valence-electron chi connectivity index (χ1n) is 5.86. The molecule has 0 fully saturated rings. The molecule has 0 amide bonds. The Morgan fingerprint density at radius 2 is 1.90 bits per heavy atom. The van der Waals surface area contributed by atoms with E-state index in [2.05, 4.69) is 14.9 Å². The van der Waals surface area contributed by atoms with Gasteiger partial charge in [0, 0.05) is 11.8 Å². The van der Waals surface area contributed by atoms with Crippen LogP contribution in [0.25, 0.3) is 0 Å². The molecule has 0 bridgehead atoms. The standard InChI is InChI=1S/C13H13N3O3S/c1-10(17)11-4-6-13(7-5-11)20(18,19)15-9-12-3-2-8-14-16-12/h2-8,15H,9H2,1H3.